The first-order chi connectivity index (χ1) is 16.1. The number of aliphatic hydroxyl groups excluding tert-OH is 1. The van der Waals surface area contributed by atoms with Crippen molar-refractivity contribution < 1.29 is 24.2 Å². The van der Waals surface area contributed by atoms with Crippen LogP contribution in [0.25, 0.3) is 5.76 Å². The number of benzene rings is 2. The molecule has 0 radical (unpaired) electrons. The summed E-state index contributed by atoms with van der Waals surface area (Å²) in [6.07, 6.45) is 2.41. The Bertz CT molecular complexity index is 1210. The van der Waals surface area contributed by atoms with Gasteiger partial charge in [-0.15, -0.1) is 0 Å². The van der Waals surface area contributed by atoms with Crippen LogP contribution in [-0.4, -0.2) is 35.5 Å². The Morgan fingerprint density at radius 2 is 1.85 bits per heavy atom. The molecular formula is C26H24N2O5. The highest BCUT2D eigenvalue weighted by molar-refractivity contribution is 6.51. The molecule has 2 heterocycles. The molecule has 0 spiro atoms. The lowest BCUT2D eigenvalue weighted by molar-refractivity contribution is -0.132. The van der Waals surface area contributed by atoms with Gasteiger partial charge in [0, 0.05) is 11.8 Å². The molecule has 1 atom stereocenters. The summed E-state index contributed by atoms with van der Waals surface area (Å²) < 4.78 is 11.1. The van der Waals surface area contributed by atoms with Crippen molar-refractivity contribution in [3.63, 3.8) is 0 Å². The van der Waals surface area contributed by atoms with Gasteiger partial charge >= 0.3 is 0 Å². The SMILES string of the molecule is CCCOc1cccc(/C(O)=C2/C(=O)C(=O)N(c3ccccc3OC)C2c2ccccn2)c1. The van der Waals surface area contributed by atoms with Gasteiger partial charge in [0.1, 0.15) is 23.3 Å². The zero-order valence-electron chi connectivity index (χ0n) is 18.4. The molecule has 2 aromatic carbocycles. The molecular weight excluding hydrogens is 420 g/mol. The largest absolute Gasteiger partial charge is 0.507 e. The maximum absolute atomic E-state index is 13.2. The Morgan fingerprint density at radius 3 is 2.58 bits per heavy atom. The van der Waals surface area contributed by atoms with Crippen LogP contribution < -0.4 is 14.4 Å². The normalized spacial score (nSPS) is 17.3. The fraction of sp³-hybridized carbons (Fsp3) is 0.192. The number of para-hydroxylation sites is 2. The molecule has 1 unspecified atom stereocenters. The molecule has 7 nitrogen and oxygen atoms in total. The second-order valence-corrected chi connectivity index (χ2v) is 7.47. The number of carbonyl (C=O) groups is 2. The Kier molecular flexibility index (Phi) is 6.40. The van der Waals surface area contributed by atoms with Crippen molar-refractivity contribution in [3.05, 3.63) is 89.8 Å². The van der Waals surface area contributed by atoms with E-state index in [4.69, 9.17) is 9.47 Å². The van der Waals surface area contributed by atoms with Crippen LogP contribution in [0.15, 0.2) is 78.5 Å². The first-order valence-corrected chi connectivity index (χ1v) is 10.6. The minimum atomic E-state index is -0.928. The van der Waals surface area contributed by atoms with Crippen LogP contribution in [-0.2, 0) is 9.59 Å². The van der Waals surface area contributed by atoms with Crippen molar-refractivity contribution in [1.82, 2.24) is 4.98 Å². The average Bonchev–Trinajstić information content (AvgIpc) is 3.13. The number of amides is 1. The molecule has 0 bridgehead atoms. The number of methoxy groups -OCH3 is 1. The predicted octanol–water partition coefficient (Wildman–Crippen LogP) is 4.51. The van der Waals surface area contributed by atoms with Gasteiger partial charge in [-0.2, -0.15) is 0 Å². The number of ketones is 1. The Hall–Kier alpha value is -4.13. The zero-order valence-corrected chi connectivity index (χ0v) is 18.4. The summed E-state index contributed by atoms with van der Waals surface area (Å²) in [5.74, 6) is -0.864. The van der Waals surface area contributed by atoms with Gasteiger partial charge in [0.15, 0.2) is 0 Å². The van der Waals surface area contributed by atoms with Crippen LogP contribution >= 0.6 is 0 Å². The van der Waals surface area contributed by atoms with E-state index in [1.807, 2.05) is 6.92 Å². The summed E-state index contributed by atoms with van der Waals surface area (Å²) in [6, 6.07) is 18.0. The van der Waals surface area contributed by atoms with Crippen molar-refractivity contribution in [3.8, 4) is 11.5 Å². The lowest BCUT2D eigenvalue weighted by Gasteiger charge is -2.26. The van der Waals surface area contributed by atoms with Crippen LogP contribution in [0.1, 0.15) is 30.6 Å². The van der Waals surface area contributed by atoms with E-state index in [0.29, 0.717) is 35.1 Å². The lowest BCUT2D eigenvalue weighted by atomic mass is 9.98. The van der Waals surface area contributed by atoms with Gasteiger partial charge in [-0.1, -0.05) is 37.3 Å². The van der Waals surface area contributed by atoms with E-state index < -0.39 is 17.7 Å². The van der Waals surface area contributed by atoms with Gasteiger partial charge in [-0.25, -0.2) is 0 Å². The number of hydrogen-bond acceptors (Lipinski definition) is 6. The molecule has 1 aliphatic rings. The summed E-state index contributed by atoms with van der Waals surface area (Å²) in [5.41, 5.74) is 1.19. The number of anilines is 1. The lowest BCUT2D eigenvalue weighted by Crippen LogP contribution is -2.30. The van der Waals surface area contributed by atoms with Gasteiger partial charge in [0.25, 0.3) is 11.7 Å². The van der Waals surface area contributed by atoms with Crippen LogP contribution in [0.2, 0.25) is 0 Å². The van der Waals surface area contributed by atoms with E-state index >= 15 is 0 Å². The molecule has 0 aliphatic carbocycles. The number of aromatic nitrogens is 1. The second-order valence-electron chi connectivity index (χ2n) is 7.47. The first kappa shape index (κ1) is 22.1. The highest BCUT2D eigenvalue weighted by Gasteiger charge is 2.48. The second kappa shape index (κ2) is 9.56. The smallest absolute Gasteiger partial charge is 0.300 e. The monoisotopic (exact) mass is 444 g/mol. The van der Waals surface area contributed by atoms with Crippen molar-refractivity contribution in [2.45, 2.75) is 19.4 Å². The molecule has 1 amide bonds. The minimum Gasteiger partial charge on any atom is -0.507 e. The van der Waals surface area contributed by atoms with E-state index in [1.165, 1.54) is 12.0 Å². The molecule has 1 saturated heterocycles. The first-order valence-electron chi connectivity index (χ1n) is 10.6. The number of Topliss-reactive ketones (excluding diaryl/α,β-unsaturated/α-hetero) is 1. The molecule has 1 aromatic heterocycles. The Balaban J connectivity index is 1.90. The van der Waals surface area contributed by atoms with Gasteiger partial charge < -0.3 is 14.6 Å². The van der Waals surface area contributed by atoms with E-state index in [1.54, 1.807) is 72.9 Å². The van der Waals surface area contributed by atoms with Gasteiger partial charge in [0.05, 0.1) is 30.7 Å². The molecule has 3 aromatic rings. The third-order valence-corrected chi connectivity index (χ3v) is 5.34. The molecule has 33 heavy (non-hydrogen) atoms. The van der Waals surface area contributed by atoms with Crippen molar-refractivity contribution in [2.24, 2.45) is 0 Å². The van der Waals surface area contributed by atoms with Crippen LogP contribution in [0.3, 0.4) is 0 Å². The Morgan fingerprint density at radius 1 is 1.06 bits per heavy atom. The van der Waals surface area contributed by atoms with Crippen LogP contribution in [0, 0.1) is 0 Å². The fourth-order valence-electron chi connectivity index (χ4n) is 3.84. The molecule has 1 fully saturated rings. The van der Waals surface area contributed by atoms with E-state index in [9.17, 15) is 14.7 Å². The maximum Gasteiger partial charge on any atom is 0.300 e. The topological polar surface area (TPSA) is 89.0 Å². The number of hydrogen-bond donors (Lipinski definition) is 1. The number of rotatable bonds is 7. The highest BCUT2D eigenvalue weighted by Crippen LogP contribution is 2.44. The summed E-state index contributed by atoms with van der Waals surface area (Å²) >= 11 is 0. The molecule has 4 rings (SSSR count). The maximum atomic E-state index is 13.2. The molecule has 1 N–H and O–H groups in total. The number of nitrogens with zero attached hydrogens (tertiary/aromatic N) is 2. The Labute approximate surface area is 191 Å². The highest BCUT2D eigenvalue weighted by atomic mass is 16.5. The third-order valence-electron chi connectivity index (χ3n) is 5.34. The van der Waals surface area contributed by atoms with E-state index in [2.05, 4.69) is 4.98 Å². The average molecular weight is 444 g/mol. The number of aliphatic hydroxyl groups is 1. The number of carbonyl (C=O) groups excluding carboxylic acids is 2. The fourth-order valence-corrected chi connectivity index (χ4v) is 3.84. The van der Waals surface area contributed by atoms with Crippen LogP contribution in [0.4, 0.5) is 5.69 Å². The van der Waals surface area contributed by atoms with E-state index in [-0.39, 0.29) is 11.3 Å². The third kappa shape index (κ3) is 4.17. The number of pyridine rings is 1. The van der Waals surface area contributed by atoms with Gasteiger partial charge in [-0.05, 0) is 42.8 Å². The summed E-state index contributed by atoms with van der Waals surface area (Å²) in [4.78, 5) is 32.2. The summed E-state index contributed by atoms with van der Waals surface area (Å²) in [7, 11) is 1.49. The standard InChI is InChI=1S/C26H24N2O5/c1-3-15-33-18-10-8-9-17(16-18)24(29)22-23(19-11-6-7-14-27-19)28(26(31)25(22)30)20-12-4-5-13-21(20)32-2/h4-14,16,23,29H,3,15H2,1-2H3/b24-22-. The van der Waals surface area contributed by atoms with E-state index in [0.717, 1.165) is 6.42 Å². The van der Waals surface area contributed by atoms with Gasteiger partial charge in [0.2, 0.25) is 0 Å². The van der Waals surface area contributed by atoms with Crippen molar-refractivity contribution >= 4 is 23.1 Å². The molecule has 7 heteroatoms. The minimum absolute atomic E-state index is 0.0442. The van der Waals surface area contributed by atoms with Gasteiger partial charge in [-0.3, -0.25) is 19.5 Å². The molecule has 0 saturated carbocycles. The zero-order chi connectivity index (χ0) is 23.4. The summed E-state index contributed by atoms with van der Waals surface area (Å²) in [6.45, 7) is 2.52. The molecule has 168 valence electrons. The van der Waals surface area contributed by atoms with Crippen LogP contribution in [0.5, 0.6) is 11.5 Å². The summed E-state index contributed by atoms with van der Waals surface area (Å²) in [5, 5.41) is 11.2. The van der Waals surface area contributed by atoms with Crippen molar-refractivity contribution in [1.29, 1.82) is 0 Å². The quantitative estimate of drug-likeness (QED) is 0.328. The predicted molar refractivity (Wildman–Crippen MR) is 124 cm³/mol. The molecule has 1 aliphatic heterocycles. The van der Waals surface area contributed by atoms with Crippen molar-refractivity contribution in [2.75, 3.05) is 18.6 Å². The number of ether oxygens (including phenoxy) is 2.